The Morgan fingerprint density at radius 1 is 1.04 bits per heavy atom. The average molecular weight is 366 g/mol. The predicted molar refractivity (Wildman–Crippen MR) is 96.8 cm³/mol. The molecule has 0 unspecified atom stereocenters. The van der Waals surface area contributed by atoms with Crippen molar-refractivity contribution < 1.29 is 13.5 Å². The van der Waals surface area contributed by atoms with E-state index in [1.165, 1.54) is 6.33 Å². The number of aromatic nitrogens is 4. The Labute approximate surface area is 154 Å². The first-order chi connectivity index (χ1) is 13.1. The van der Waals surface area contributed by atoms with Crippen LogP contribution in [0.1, 0.15) is 17.0 Å². The van der Waals surface area contributed by atoms with Crippen LogP contribution in [0.25, 0.3) is 16.8 Å². The third kappa shape index (κ3) is 3.48. The van der Waals surface area contributed by atoms with Crippen LogP contribution in [-0.2, 0) is 6.42 Å². The molecule has 0 aliphatic carbocycles. The van der Waals surface area contributed by atoms with Gasteiger partial charge in [0.2, 0.25) is 0 Å². The second-order valence-corrected chi connectivity index (χ2v) is 6.08. The summed E-state index contributed by atoms with van der Waals surface area (Å²) in [5, 5.41) is 0. The van der Waals surface area contributed by atoms with Gasteiger partial charge in [-0.15, -0.1) is 0 Å². The number of hydrogen-bond acceptors (Lipinski definition) is 4. The summed E-state index contributed by atoms with van der Waals surface area (Å²) < 4.78 is 32.0. The summed E-state index contributed by atoms with van der Waals surface area (Å²) >= 11 is 0. The molecule has 27 heavy (non-hydrogen) atoms. The van der Waals surface area contributed by atoms with E-state index in [0.29, 0.717) is 12.0 Å². The number of rotatable bonds is 5. The van der Waals surface area contributed by atoms with Gasteiger partial charge in [-0.25, -0.2) is 15.0 Å². The minimum atomic E-state index is -2.86. The molecule has 3 aromatic heterocycles. The number of hydrogen-bond donors (Lipinski definition) is 0. The van der Waals surface area contributed by atoms with Crippen LogP contribution in [0.3, 0.4) is 0 Å². The number of ether oxygens (including phenoxy) is 1. The Bertz CT molecular complexity index is 1080. The van der Waals surface area contributed by atoms with E-state index in [9.17, 15) is 8.78 Å². The maximum absolute atomic E-state index is 12.7. The number of aryl methyl sites for hydroxylation is 1. The number of pyridine rings is 1. The third-order valence-corrected chi connectivity index (χ3v) is 4.36. The van der Waals surface area contributed by atoms with Crippen molar-refractivity contribution in [1.29, 1.82) is 0 Å². The number of benzene rings is 1. The highest BCUT2D eigenvalue weighted by Gasteiger charge is 2.15. The Hall–Kier alpha value is -3.35. The standard InChI is InChI=1S/C20H16F2N4O/c1-13-17(8-14-4-2-3-5-18(14)27-20(21)22)26-11-15(6-7-19(26)25-13)16-9-23-12-24-10-16/h2-7,9-12,20H,8H2,1H3. The SMILES string of the molecule is Cc1nc2ccc(-c3cncnc3)cn2c1Cc1ccccc1OC(F)F. The van der Waals surface area contributed by atoms with E-state index < -0.39 is 6.61 Å². The van der Waals surface area contributed by atoms with Crippen molar-refractivity contribution in [3.63, 3.8) is 0 Å². The van der Waals surface area contributed by atoms with Gasteiger partial charge in [0.1, 0.15) is 17.7 Å². The van der Waals surface area contributed by atoms with E-state index >= 15 is 0 Å². The molecule has 1 aromatic carbocycles. The molecule has 7 heteroatoms. The van der Waals surface area contributed by atoms with Crippen LogP contribution < -0.4 is 4.74 Å². The number of imidazole rings is 1. The van der Waals surface area contributed by atoms with Crippen LogP contribution in [0.15, 0.2) is 61.3 Å². The Balaban J connectivity index is 1.77. The molecule has 0 saturated carbocycles. The lowest BCUT2D eigenvalue weighted by Crippen LogP contribution is -2.05. The highest BCUT2D eigenvalue weighted by Crippen LogP contribution is 2.26. The molecule has 0 atom stereocenters. The van der Waals surface area contributed by atoms with E-state index in [4.69, 9.17) is 0 Å². The number of fused-ring (bicyclic) bond motifs is 1. The lowest BCUT2D eigenvalue weighted by atomic mass is 10.1. The van der Waals surface area contributed by atoms with Gasteiger partial charge in [0.25, 0.3) is 0 Å². The first kappa shape index (κ1) is 17.1. The van der Waals surface area contributed by atoms with E-state index in [2.05, 4.69) is 19.7 Å². The van der Waals surface area contributed by atoms with Crippen LogP contribution in [0, 0.1) is 6.92 Å². The Kier molecular flexibility index (Phi) is 4.50. The Morgan fingerprint density at radius 2 is 1.81 bits per heavy atom. The van der Waals surface area contributed by atoms with Crippen molar-refractivity contribution in [2.75, 3.05) is 0 Å². The molecule has 0 aliphatic heterocycles. The van der Waals surface area contributed by atoms with Crippen LogP contribution in [0.2, 0.25) is 0 Å². The molecule has 0 aliphatic rings. The summed E-state index contributed by atoms with van der Waals surface area (Å²) in [6, 6.07) is 10.7. The van der Waals surface area contributed by atoms with Gasteiger partial charge >= 0.3 is 6.61 Å². The molecule has 4 rings (SSSR count). The van der Waals surface area contributed by atoms with Gasteiger partial charge in [0, 0.05) is 47.4 Å². The average Bonchev–Trinajstić information content (AvgIpc) is 2.98. The van der Waals surface area contributed by atoms with E-state index in [1.807, 2.05) is 29.7 Å². The fraction of sp³-hybridized carbons (Fsp3) is 0.150. The quantitative estimate of drug-likeness (QED) is 0.529. The summed E-state index contributed by atoms with van der Waals surface area (Å²) in [6.07, 6.45) is 7.34. The molecule has 3 heterocycles. The number of para-hydroxylation sites is 1. The predicted octanol–water partition coefficient (Wildman–Crippen LogP) is 4.29. The molecule has 0 bridgehead atoms. The maximum Gasteiger partial charge on any atom is 0.387 e. The first-order valence-corrected chi connectivity index (χ1v) is 8.37. The number of alkyl halides is 2. The minimum absolute atomic E-state index is 0.175. The summed E-state index contributed by atoms with van der Waals surface area (Å²) in [7, 11) is 0. The monoisotopic (exact) mass is 366 g/mol. The minimum Gasteiger partial charge on any atom is -0.435 e. The van der Waals surface area contributed by atoms with Crippen LogP contribution in [0.5, 0.6) is 5.75 Å². The number of nitrogens with zero attached hydrogens (tertiary/aromatic N) is 4. The van der Waals surface area contributed by atoms with Gasteiger partial charge < -0.3 is 9.14 Å². The zero-order valence-electron chi connectivity index (χ0n) is 14.5. The molecule has 0 amide bonds. The first-order valence-electron chi connectivity index (χ1n) is 8.37. The van der Waals surface area contributed by atoms with Gasteiger partial charge in [-0.3, -0.25) is 0 Å². The van der Waals surface area contributed by atoms with E-state index in [-0.39, 0.29) is 5.75 Å². The zero-order valence-corrected chi connectivity index (χ0v) is 14.5. The highest BCUT2D eigenvalue weighted by atomic mass is 19.3. The second-order valence-electron chi connectivity index (χ2n) is 6.08. The molecule has 4 aromatic rings. The van der Waals surface area contributed by atoms with Crippen LogP contribution in [0.4, 0.5) is 8.78 Å². The van der Waals surface area contributed by atoms with E-state index in [1.54, 1.807) is 36.7 Å². The van der Waals surface area contributed by atoms with Crippen LogP contribution >= 0.6 is 0 Å². The normalized spacial score (nSPS) is 11.3. The molecular formula is C20H16F2N4O. The molecule has 5 nitrogen and oxygen atoms in total. The summed E-state index contributed by atoms with van der Waals surface area (Å²) in [4.78, 5) is 12.7. The summed E-state index contributed by atoms with van der Waals surface area (Å²) in [5.41, 5.74) is 5.04. The van der Waals surface area contributed by atoms with Crippen molar-refractivity contribution in [3.05, 3.63) is 78.3 Å². The van der Waals surface area contributed by atoms with Gasteiger partial charge in [0.05, 0.1) is 5.69 Å². The lowest BCUT2D eigenvalue weighted by molar-refractivity contribution is -0.0503. The molecule has 0 fully saturated rings. The summed E-state index contributed by atoms with van der Waals surface area (Å²) in [5.74, 6) is 0.175. The third-order valence-electron chi connectivity index (χ3n) is 4.36. The fourth-order valence-electron chi connectivity index (χ4n) is 3.08. The molecule has 0 saturated heterocycles. The smallest absolute Gasteiger partial charge is 0.387 e. The van der Waals surface area contributed by atoms with Gasteiger partial charge in [-0.2, -0.15) is 8.78 Å². The molecule has 0 spiro atoms. The second kappa shape index (κ2) is 7.11. The molecule has 0 N–H and O–H groups in total. The van der Waals surface area contributed by atoms with Crippen LogP contribution in [-0.4, -0.2) is 26.0 Å². The Morgan fingerprint density at radius 3 is 2.59 bits per heavy atom. The molecule has 136 valence electrons. The van der Waals surface area contributed by atoms with Crippen molar-refractivity contribution in [1.82, 2.24) is 19.4 Å². The van der Waals surface area contributed by atoms with Crippen molar-refractivity contribution >= 4 is 5.65 Å². The zero-order chi connectivity index (χ0) is 18.8. The molecular weight excluding hydrogens is 350 g/mol. The molecule has 0 radical (unpaired) electrons. The number of halogens is 2. The van der Waals surface area contributed by atoms with Crippen molar-refractivity contribution in [2.45, 2.75) is 20.0 Å². The van der Waals surface area contributed by atoms with Gasteiger partial charge in [0.15, 0.2) is 0 Å². The summed E-state index contributed by atoms with van der Waals surface area (Å²) in [6.45, 7) is -0.955. The van der Waals surface area contributed by atoms with Gasteiger partial charge in [-0.05, 0) is 25.1 Å². The van der Waals surface area contributed by atoms with E-state index in [0.717, 1.165) is 28.2 Å². The highest BCUT2D eigenvalue weighted by molar-refractivity contribution is 5.63. The van der Waals surface area contributed by atoms with Crippen molar-refractivity contribution in [2.24, 2.45) is 0 Å². The largest absolute Gasteiger partial charge is 0.435 e. The topological polar surface area (TPSA) is 52.3 Å². The maximum atomic E-state index is 12.7. The van der Waals surface area contributed by atoms with Gasteiger partial charge in [-0.1, -0.05) is 18.2 Å². The van der Waals surface area contributed by atoms with Crippen molar-refractivity contribution in [3.8, 4) is 16.9 Å². The lowest BCUT2D eigenvalue weighted by Gasteiger charge is -2.11. The fourth-order valence-corrected chi connectivity index (χ4v) is 3.08.